The van der Waals surface area contributed by atoms with E-state index in [0.717, 1.165) is 22.6 Å². The molecule has 1 amide bonds. The van der Waals surface area contributed by atoms with Crippen LogP contribution in [-0.2, 0) is 17.9 Å². The highest BCUT2D eigenvalue weighted by Gasteiger charge is 2.32. The quantitative estimate of drug-likeness (QED) is 0.325. The van der Waals surface area contributed by atoms with Crippen molar-refractivity contribution in [3.05, 3.63) is 89.9 Å². The van der Waals surface area contributed by atoms with Gasteiger partial charge < -0.3 is 15.2 Å². The number of hydrogen-bond donors (Lipinski definition) is 1. The molecule has 0 aliphatic carbocycles. The molecule has 2 aromatic carbocycles. The lowest BCUT2D eigenvalue weighted by Crippen LogP contribution is -2.42. The van der Waals surface area contributed by atoms with E-state index in [4.69, 9.17) is 22.3 Å². The van der Waals surface area contributed by atoms with Crippen molar-refractivity contribution < 1.29 is 4.79 Å². The van der Waals surface area contributed by atoms with E-state index in [9.17, 15) is 4.79 Å². The minimum Gasteiger partial charge on any atom is -0.331 e. The summed E-state index contributed by atoms with van der Waals surface area (Å²) >= 11 is 6.29. The van der Waals surface area contributed by atoms with Crippen molar-refractivity contribution in [2.24, 2.45) is 11.7 Å². The Bertz CT molecular complexity index is 1250. The first-order valence-electron chi connectivity index (χ1n) is 12.1. The van der Waals surface area contributed by atoms with Gasteiger partial charge in [0.2, 0.25) is 5.91 Å². The third-order valence-corrected chi connectivity index (χ3v) is 6.28. The van der Waals surface area contributed by atoms with Crippen molar-refractivity contribution in [2.75, 3.05) is 13.1 Å². The molecular formula is C27H32ClN7O. The summed E-state index contributed by atoms with van der Waals surface area (Å²) < 4.78 is 3.69. The smallest absolute Gasteiger partial charge is 0.245 e. The highest BCUT2D eigenvalue weighted by molar-refractivity contribution is 6.30. The second-order valence-electron chi connectivity index (χ2n) is 9.12. The van der Waals surface area contributed by atoms with E-state index in [2.05, 4.69) is 40.6 Å². The van der Waals surface area contributed by atoms with Gasteiger partial charge in [-0.3, -0.25) is 4.79 Å². The maximum absolute atomic E-state index is 13.6. The summed E-state index contributed by atoms with van der Waals surface area (Å²) in [6.45, 7) is 5.98. The van der Waals surface area contributed by atoms with Crippen LogP contribution in [-0.4, -0.2) is 48.2 Å². The summed E-state index contributed by atoms with van der Waals surface area (Å²) in [5.41, 5.74) is 8.75. The maximum atomic E-state index is 13.6. The van der Waals surface area contributed by atoms with E-state index in [1.54, 1.807) is 11.0 Å². The summed E-state index contributed by atoms with van der Waals surface area (Å²) in [5.74, 6) is 0.880. The van der Waals surface area contributed by atoms with Gasteiger partial charge >= 0.3 is 0 Å². The third-order valence-electron chi connectivity index (χ3n) is 6.04. The molecule has 2 heterocycles. The number of halogens is 1. The zero-order chi connectivity index (χ0) is 25.5. The lowest BCUT2D eigenvalue weighted by molar-refractivity contribution is -0.136. The Morgan fingerprint density at radius 2 is 1.94 bits per heavy atom. The average molecular weight is 506 g/mol. The van der Waals surface area contributed by atoms with Crippen molar-refractivity contribution in [3.8, 4) is 11.3 Å². The van der Waals surface area contributed by atoms with E-state index in [0.29, 0.717) is 31.1 Å². The lowest BCUT2D eigenvalue weighted by atomic mass is 10.0. The molecule has 0 saturated carbocycles. The first-order valence-corrected chi connectivity index (χ1v) is 12.5. The van der Waals surface area contributed by atoms with Crippen molar-refractivity contribution in [1.29, 1.82) is 0 Å². The van der Waals surface area contributed by atoms with Gasteiger partial charge in [0, 0.05) is 29.9 Å². The number of carbonyl (C=O) groups is 1. The Hall–Kier alpha value is -3.49. The van der Waals surface area contributed by atoms with E-state index in [1.165, 1.54) is 6.33 Å². The highest BCUT2D eigenvalue weighted by atomic mass is 35.5. The third kappa shape index (κ3) is 6.19. The SMILES string of the molecule is CC(C)[C@H](c1nc(-c2cccc(Cl)c2)cn1Cc1ccccc1)N(CCCN)C(=O)Cn1cncn1. The normalized spacial score (nSPS) is 12.1. The first kappa shape index (κ1) is 25.6. The van der Waals surface area contributed by atoms with Crippen LogP contribution in [0.2, 0.25) is 5.02 Å². The van der Waals surface area contributed by atoms with Gasteiger partial charge in [-0.15, -0.1) is 0 Å². The van der Waals surface area contributed by atoms with E-state index >= 15 is 0 Å². The van der Waals surface area contributed by atoms with Crippen LogP contribution in [0.3, 0.4) is 0 Å². The molecule has 0 spiro atoms. The summed E-state index contributed by atoms with van der Waals surface area (Å²) in [4.78, 5) is 24.5. The maximum Gasteiger partial charge on any atom is 0.245 e. The first-order chi connectivity index (χ1) is 17.5. The molecule has 0 saturated heterocycles. The Kier molecular flexibility index (Phi) is 8.51. The predicted molar refractivity (Wildman–Crippen MR) is 141 cm³/mol. The van der Waals surface area contributed by atoms with Crippen molar-refractivity contribution in [1.82, 2.24) is 29.2 Å². The largest absolute Gasteiger partial charge is 0.331 e. The number of carbonyl (C=O) groups excluding carboxylic acids is 1. The number of rotatable bonds is 11. The van der Waals surface area contributed by atoms with Gasteiger partial charge in [-0.1, -0.05) is 67.9 Å². The molecule has 2 N–H and O–H groups in total. The number of imidazole rings is 1. The van der Waals surface area contributed by atoms with Gasteiger partial charge in [-0.2, -0.15) is 5.10 Å². The van der Waals surface area contributed by atoms with Gasteiger partial charge in [0.05, 0.1) is 11.7 Å². The highest BCUT2D eigenvalue weighted by Crippen LogP contribution is 2.32. The molecule has 0 fully saturated rings. The molecule has 1 atom stereocenters. The van der Waals surface area contributed by atoms with Crippen LogP contribution in [0.15, 0.2) is 73.4 Å². The molecule has 2 aromatic heterocycles. The number of nitrogens with zero attached hydrogens (tertiary/aromatic N) is 6. The van der Waals surface area contributed by atoms with Crippen LogP contribution < -0.4 is 5.73 Å². The van der Waals surface area contributed by atoms with Gasteiger partial charge in [-0.25, -0.2) is 14.6 Å². The number of aromatic nitrogens is 5. The van der Waals surface area contributed by atoms with Gasteiger partial charge in [0.15, 0.2) is 0 Å². The fraction of sp³-hybridized carbons (Fsp3) is 0.333. The van der Waals surface area contributed by atoms with E-state index < -0.39 is 0 Å². The summed E-state index contributed by atoms with van der Waals surface area (Å²) in [7, 11) is 0. The number of benzene rings is 2. The summed E-state index contributed by atoms with van der Waals surface area (Å²) in [5, 5.41) is 4.77. The Labute approximate surface area is 216 Å². The van der Waals surface area contributed by atoms with Crippen molar-refractivity contribution in [2.45, 2.75) is 39.4 Å². The number of nitrogens with two attached hydrogens (primary N) is 1. The molecule has 9 heteroatoms. The van der Waals surface area contributed by atoms with Crippen LogP contribution in [0.25, 0.3) is 11.3 Å². The standard InChI is InChI=1S/C27H32ClN7O/c1-20(2)26(35(13-7-12-29)25(36)17-34-19-30-18-31-34)27-32-24(22-10-6-11-23(28)14-22)16-33(27)15-21-8-4-3-5-9-21/h3-6,8-11,14,16,18-20,26H,7,12-13,15,17,29H2,1-2H3/t26-/m1/s1. The molecular weight excluding hydrogens is 474 g/mol. The minimum absolute atomic E-state index is 0.0498. The Morgan fingerprint density at radius 3 is 2.61 bits per heavy atom. The number of amides is 1. The molecule has 0 unspecified atom stereocenters. The molecule has 0 radical (unpaired) electrons. The van der Waals surface area contributed by atoms with Crippen LogP contribution in [0, 0.1) is 5.92 Å². The fourth-order valence-electron chi connectivity index (χ4n) is 4.38. The van der Waals surface area contributed by atoms with E-state index in [-0.39, 0.29) is 24.4 Å². The topological polar surface area (TPSA) is 94.9 Å². The van der Waals surface area contributed by atoms with Gasteiger partial charge in [-0.05, 0) is 36.6 Å². The second-order valence-corrected chi connectivity index (χ2v) is 9.56. The predicted octanol–water partition coefficient (Wildman–Crippen LogP) is 4.42. The Balaban J connectivity index is 1.78. The zero-order valence-electron chi connectivity index (χ0n) is 20.7. The second kappa shape index (κ2) is 12.0. The molecule has 8 nitrogen and oxygen atoms in total. The molecule has 4 aromatic rings. The molecule has 0 aliphatic heterocycles. The molecule has 0 aliphatic rings. The van der Waals surface area contributed by atoms with Crippen LogP contribution in [0.1, 0.15) is 37.7 Å². The summed E-state index contributed by atoms with van der Waals surface area (Å²) in [6, 6.07) is 17.7. The van der Waals surface area contributed by atoms with Gasteiger partial charge in [0.1, 0.15) is 25.0 Å². The molecule has 4 rings (SSSR count). The average Bonchev–Trinajstić information content (AvgIpc) is 3.52. The van der Waals surface area contributed by atoms with Crippen LogP contribution in [0.4, 0.5) is 0 Å². The van der Waals surface area contributed by atoms with Crippen molar-refractivity contribution in [3.63, 3.8) is 0 Å². The molecule has 188 valence electrons. The minimum atomic E-state index is -0.260. The zero-order valence-corrected chi connectivity index (χ0v) is 21.4. The molecule has 0 bridgehead atoms. The van der Waals surface area contributed by atoms with E-state index in [1.807, 2.05) is 53.6 Å². The van der Waals surface area contributed by atoms with Crippen LogP contribution >= 0.6 is 11.6 Å². The monoisotopic (exact) mass is 505 g/mol. The lowest BCUT2D eigenvalue weighted by Gasteiger charge is -2.34. The van der Waals surface area contributed by atoms with Crippen molar-refractivity contribution >= 4 is 17.5 Å². The fourth-order valence-corrected chi connectivity index (χ4v) is 4.57. The molecule has 36 heavy (non-hydrogen) atoms. The van der Waals surface area contributed by atoms with Gasteiger partial charge in [0.25, 0.3) is 0 Å². The number of hydrogen-bond acceptors (Lipinski definition) is 5. The Morgan fingerprint density at radius 1 is 1.14 bits per heavy atom. The van der Waals surface area contributed by atoms with Crippen LogP contribution in [0.5, 0.6) is 0 Å². The summed E-state index contributed by atoms with van der Waals surface area (Å²) in [6.07, 6.45) is 5.72.